The third-order valence-electron chi connectivity index (χ3n) is 0.963. The van der Waals surface area contributed by atoms with Gasteiger partial charge in [0.05, 0.1) is 6.07 Å². The molecule has 0 aromatic carbocycles. The Morgan fingerprint density at radius 1 is 2.00 bits per heavy atom. The summed E-state index contributed by atoms with van der Waals surface area (Å²) < 4.78 is 0. The Hall–Kier alpha value is -0.810. The highest BCUT2D eigenvalue weighted by Crippen LogP contribution is 2.00. The van der Waals surface area contributed by atoms with Gasteiger partial charge in [-0.15, -0.1) is 0 Å². The molecule has 0 saturated heterocycles. The van der Waals surface area contributed by atoms with Gasteiger partial charge in [-0.25, -0.2) is 0 Å². The lowest BCUT2D eigenvalue weighted by molar-refractivity contribution is 0.263. The van der Waals surface area contributed by atoms with Crippen LogP contribution in [0.4, 0.5) is 0 Å². The van der Waals surface area contributed by atoms with Crippen LogP contribution in [-0.4, -0.2) is 11.2 Å². The maximum atomic E-state index is 8.67. The first-order chi connectivity index (χ1) is 3.72. The monoisotopic (exact) mass is 111 g/mol. The SMILES string of the molecule is C=C(CC)C(O)C#N. The highest BCUT2D eigenvalue weighted by Gasteiger charge is 2.01. The Labute approximate surface area is 49.1 Å². The second kappa shape index (κ2) is 3.23. The van der Waals surface area contributed by atoms with Crippen LogP contribution in [0.3, 0.4) is 0 Å². The summed E-state index contributed by atoms with van der Waals surface area (Å²) in [4.78, 5) is 0. The van der Waals surface area contributed by atoms with Crippen molar-refractivity contribution >= 4 is 0 Å². The number of hydrogen-bond donors (Lipinski definition) is 1. The second-order valence-electron chi connectivity index (χ2n) is 1.54. The van der Waals surface area contributed by atoms with Crippen molar-refractivity contribution in [2.45, 2.75) is 19.4 Å². The average Bonchev–Trinajstić information content (AvgIpc) is 1.84. The van der Waals surface area contributed by atoms with Crippen molar-refractivity contribution < 1.29 is 5.11 Å². The maximum Gasteiger partial charge on any atom is 0.161 e. The lowest BCUT2D eigenvalue weighted by Gasteiger charge is -1.99. The van der Waals surface area contributed by atoms with E-state index in [1.807, 2.05) is 6.92 Å². The van der Waals surface area contributed by atoms with E-state index in [0.29, 0.717) is 12.0 Å². The quantitative estimate of drug-likeness (QED) is 0.424. The molecule has 0 rings (SSSR count). The largest absolute Gasteiger partial charge is 0.374 e. The average molecular weight is 111 g/mol. The number of rotatable bonds is 2. The first-order valence-electron chi connectivity index (χ1n) is 2.47. The van der Waals surface area contributed by atoms with Gasteiger partial charge in [0, 0.05) is 0 Å². The van der Waals surface area contributed by atoms with Crippen molar-refractivity contribution in [3.05, 3.63) is 12.2 Å². The zero-order valence-corrected chi connectivity index (χ0v) is 4.89. The van der Waals surface area contributed by atoms with E-state index in [1.54, 1.807) is 6.07 Å². The van der Waals surface area contributed by atoms with E-state index >= 15 is 0 Å². The van der Waals surface area contributed by atoms with Crippen LogP contribution in [0, 0.1) is 11.3 Å². The third kappa shape index (κ3) is 1.76. The van der Waals surface area contributed by atoms with Gasteiger partial charge >= 0.3 is 0 Å². The predicted molar refractivity (Wildman–Crippen MR) is 31.1 cm³/mol. The summed E-state index contributed by atoms with van der Waals surface area (Å²) in [5, 5.41) is 16.7. The van der Waals surface area contributed by atoms with Gasteiger partial charge in [0.15, 0.2) is 6.10 Å². The van der Waals surface area contributed by atoms with Crippen LogP contribution in [0.25, 0.3) is 0 Å². The highest BCUT2D eigenvalue weighted by atomic mass is 16.3. The van der Waals surface area contributed by atoms with Crippen LogP contribution in [0.5, 0.6) is 0 Å². The fourth-order valence-electron chi connectivity index (χ4n) is 0.285. The van der Waals surface area contributed by atoms with E-state index in [-0.39, 0.29) is 0 Å². The number of hydrogen-bond acceptors (Lipinski definition) is 2. The number of nitrogens with zero attached hydrogens (tertiary/aromatic N) is 1. The summed E-state index contributed by atoms with van der Waals surface area (Å²) >= 11 is 0. The first-order valence-corrected chi connectivity index (χ1v) is 2.47. The second-order valence-corrected chi connectivity index (χ2v) is 1.54. The zero-order valence-electron chi connectivity index (χ0n) is 4.89. The molecule has 0 radical (unpaired) electrons. The molecule has 2 nitrogen and oxygen atoms in total. The molecule has 0 saturated carbocycles. The smallest absolute Gasteiger partial charge is 0.161 e. The third-order valence-corrected chi connectivity index (χ3v) is 0.963. The van der Waals surface area contributed by atoms with Gasteiger partial charge < -0.3 is 5.11 Å². The molecule has 0 bridgehead atoms. The Bertz CT molecular complexity index is 123. The van der Waals surface area contributed by atoms with Gasteiger partial charge in [-0.2, -0.15) is 5.26 Å². The van der Waals surface area contributed by atoms with Crippen molar-refractivity contribution in [2.24, 2.45) is 0 Å². The van der Waals surface area contributed by atoms with Gasteiger partial charge in [0.1, 0.15) is 0 Å². The molecule has 0 aliphatic carbocycles. The maximum absolute atomic E-state index is 8.67. The molecule has 0 aromatic heterocycles. The molecule has 1 N–H and O–H groups in total. The van der Waals surface area contributed by atoms with E-state index < -0.39 is 6.10 Å². The molecule has 44 valence electrons. The first kappa shape index (κ1) is 7.19. The summed E-state index contributed by atoms with van der Waals surface area (Å²) in [7, 11) is 0. The van der Waals surface area contributed by atoms with Gasteiger partial charge in [-0.3, -0.25) is 0 Å². The van der Waals surface area contributed by atoms with Crippen LogP contribution in [0.15, 0.2) is 12.2 Å². The highest BCUT2D eigenvalue weighted by molar-refractivity contribution is 5.10. The van der Waals surface area contributed by atoms with Crippen molar-refractivity contribution in [1.29, 1.82) is 5.26 Å². The van der Waals surface area contributed by atoms with E-state index in [4.69, 9.17) is 10.4 Å². The Kier molecular flexibility index (Phi) is 2.90. The van der Waals surface area contributed by atoms with Crippen molar-refractivity contribution in [1.82, 2.24) is 0 Å². The summed E-state index contributed by atoms with van der Waals surface area (Å²) in [6.07, 6.45) is -0.311. The molecule has 0 aliphatic rings. The van der Waals surface area contributed by atoms with Crippen LogP contribution in [0.1, 0.15) is 13.3 Å². The summed E-state index contributed by atoms with van der Waals surface area (Å²) in [5.41, 5.74) is 0.576. The fourth-order valence-corrected chi connectivity index (χ4v) is 0.285. The lowest BCUT2D eigenvalue weighted by atomic mass is 10.1. The zero-order chi connectivity index (χ0) is 6.57. The molecule has 0 aromatic rings. The minimum atomic E-state index is -0.972. The topological polar surface area (TPSA) is 44.0 Å². The molecule has 0 amide bonds. The molecule has 0 heterocycles. The molecular formula is C6H9NO. The van der Waals surface area contributed by atoms with Gasteiger partial charge in [-0.1, -0.05) is 13.5 Å². The van der Waals surface area contributed by atoms with Crippen LogP contribution < -0.4 is 0 Å². The Morgan fingerprint density at radius 2 is 2.50 bits per heavy atom. The normalized spacial score (nSPS) is 12.1. The molecule has 1 unspecified atom stereocenters. The minimum absolute atomic E-state index is 0.576. The van der Waals surface area contributed by atoms with E-state index in [9.17, 15) is 0 Å². The van der Waals surface area contributed by atoms with Crippen molar-refractivity contribution in [2.75, 3.05) is 0 Å². The van der Waals surface area contributed by atoms with E-state index in [2.05, 4.69) is 6.58 Å². The minimum Gasteiger partial charge on any atom is -0.374 e. The molecule has 0 spiro atoms. The van der Waals surface area contributed by atoms with E-state index in [0.717, 1.165) is 0 Å². The summed E-state index contributed by atoms with van der Waals surface area (Å²) in [5.74, 6) is 0. The number of aliphatic hydroxyl groups excluding tert-OH is 1. The summed E-state index contributed by atoms with van der Waals surface area (Å²) in [6.45, 7) is 5.32. The van der Waals surface area contributed by atoms with Crippen LogP contribution >= 0.6 is 0 Å². The molecule has 2 heteroatoms. The van der Waals surface area contributed by atoms with Gasteiger partial charge in [-0.05, 0) is 12.0 Å². The fraction of sp³-hybridized carbons (Fsp3) is 0.500. The van der Waals surface area contributed by atoms with Crippen molar-refractivity contribution in [3.63, 3.8) is 0 Å². The predicted octanol–water partition coefficient (Wildman–Crippen LogP) is 0.837. The molecule has 0 aliphatic heterocycles. The lowest BCUT2D eigenvalue weighted by Crippen LogP contribution is -2.03. The van der Waals surface area contributed by atoms with Gasteiger partial charge in [0.2, 0.25) is 0 Å². The summed E-state index contributed by atoms with van der Waals surface area (Å²) in [6, 6.07) is 1.67. The van der Waals surface area contributed by atoms with Crippen molar-refractivity contribution in [3.8, 4) is 6.07 Å². The Morgan fingerprint density at radius 3 is 2.62 bits per heavy atom. The number of aliphatic hydroxyl groups is 1. The van der Waals surface area contributed by atoms with Crippen LogP contribution in [0.2, 0.25) is 0 Å². The Balaban J connectivity index is 3.68. The van der Waals surface area contributed by atoms with Crippen LogP contribution in [-0.2, 0) is 0 Å². The molecule has 8 heavy (non-hydrogen) atoms. The van der Waals surface area contributed by atoms with Gasteiger partial charge in [0.25, 0.3) is 0 Å². The molecule has 0 fully saturated rings. The number of nitriles is 1. The van der Waals surface area contributed by atoms with E-state index in [1.165, 1.54) is 0 Å². The standard InChI is InChI=1S/C6H9NO/c1-3-5(2)6(8)4-7/h6,8H,2-3H2,1H3. The molecule has 1 atom stereocenters. The molecular weight excluding hydrogens is 102 g/mol.